The fourth-order valence-electron chi connectivity index (χ4n) is 4.16. The van der Waals surface area contributed by atoms with Gasteiger partial charge in [-0.3, -0.25) is 14.7 Å². The number of benzene rings is 1. The Morgan fingerprint density at radius 3 is 2.48 bits per heavy atom. The molecule has 1 aliphatic heterocycles. The zero-order chi connectivity index (χ0) is 23.6. The summed E-state index contributed by atoms with van der Waals surface area (Å²) in [6.07, 6.45) is 3.79. The molecule has 0 bridgehead atoms. The number of nitrogens with one attached hydrogen (secondary N) is 1. The number of amides is 1. The molecule has 0 fully saturated rings. The van der Waals surface area contributed by atoms with Crippen LogP contribution in [0.25, 0.3) is 0 Å². The number of rotatable bonds is 8. The lowest BCUT2D eigenvalue weighted by Gasteiger charge is -2.27. The number of anilines is 1. The summed E-state index contributed by atoms with van der Waals surface area (Å²) in [5.41, 5.74) is 3.03. The highest BCUT2D eigenvalue weighted by molar-refractivity contribution is 7.91. The fraction of sp³-hybridized carbons (Fsp3) is 0.375. The van der Waals surface area contributed by atoms with E-state index in [0.717, 1.165) is 24.3 Å². The Kier molecular flexibility index (Phi) is 6.92. The van der Waals surface area contributed by atoms with Gasteiger partial charge in [0.25, 0.3) is 0 Å². The highest BCUT2D eigenvalue weighted by Crippen LogP contribution is 2.43. The van der Waals surface area contributed by atoms with Crippen molar-refractivity contribution in [2.75, 3.05) is 11.1 Å². The fourth-order valence-corrected chi connectivity index (χ4v) is 6.09. The molecular formula is C24H28N4O3S2. The van der Waals surface area contributed by atoms with Crippen LogP contribution in [0, 0.1) is 5.92 Å². The van der Waals surface area contributed by atoms with E-state index < -0.39 is 9.84 Å². The topological polar surface area (TPSA) is 92.3 Å². The van der Waals surface area contributed by atoms with Crippen molar-refractivity contribution in [3.05, 3.63) is 70.5 Å². The minimum atomic E-state index is -3.24. The van der Waals surface area contributed by atoms with Gasteiger partial charge >= 0.3 is 0 Å². The number of thiazole rings is 1. The van der Waals surface area contributed by atoms with E-state index in [0.29, 0.717) is 11.0 Å². The Bertz CT molecular complexity index is 1220. The van der Waals surface area contributed by atoms with E-state index in [2.05, 4.69) is 29.0 Å². The molecule has 174 valence electrons. The van der Waals surface area contributed by atoms with Crippen molar-refractivity contribution in [1.82, 2.24) is 14.9 Å². The molecule has 1 N–H and O–H groups in total. The van der Waals surface area contributed by atoms with Gasteiger partial charge in [-0.05, 0) is 41.3 Å². The van der Waals surface area contributed by atoms with Crippen molar-refractivity contribution in [2.24, 2.45) is 5.92 Å². The van der Waals surface area contributed by atoms with E-state index in [1.54, 1.807) is 31.2 Å². The summed E-state index contributed by atoms with van der Waals surface area (Å²) in [7, 11) is -3.24. The first-order valence-electron chi connectivity index (χ1n) is 11.0. The summed E-state index contributed by atoms with van der Waals surface area (Å²) in [6, 6.07) is 10.8. The summed E-state index contributed by atoms with van der Waals surface area (Å²) in [4.78, 5) is 25.4. The summed E-state index contributed by atoms with van der Waals surface area (Å²) < 4.78 is 23.9. The third-order valence-corrected chi connectivity index (χ3v) is 8.51. The second-order valence-corrected chi connectivity index (χ2v) is 11.9. The lowest BCUT2D eigenvalue weighted by Crippen LogP contribution is -2.26. The molecular weight excluding hydrogens is 456 g/mol. The van der Waals surface area contributed by atoms with E-state index in [4.69, 9.17) is 4.98 Å². The van der Waals surface area contributed by atoms with E-state index in [-0.39, 0.29) is 29.0 Å². The quantitative estimate of drug-likeness (QED) is 0.515. The second-order valence-electron chi connectivity index (χ2n) is 8.55. The molecule has 1 amide bonds. The summed E-state index contributed by atoms with van der Waals surface area (Å²) >= 11 is 1.53. The van der Waals surface area contributed by atoms with Crippen LogP contribution in [0.4, 0.5) is 5.13 Å². The molecule has 0 saturated heterocycles. The third-order valence-electron chi connectivity index (χ3n) is 5.79. The van der Waals surface area contributed by atoms with Gasteiger partial charge in [-0.1, -0.05) is 32.9 Å². The predicted octanol–water partition coefficient (Wildman–Crippen LogP) is 4.23. The number of aromatic nitrogens is 2. The predicted molar refractivity (Wildman–Crippen MR) is 130 cm³/mol. The van der Waals surface area contributed by atoms with Crippen molar-refractivity contribution < 1.29 is 13.2 Å². The zero-order valence-electron chi connectivity index (χ0n) is 19.0. The Labute approximate surface area is 198 Å². The first-order chi connectivity index (χ1) is 15.8. The molecule has 1 unspecified atom stereocenters. The van der Waals surface area contributed by atoms with Gasteiger partial charge in [0, 0.05) is 30.4 Å². The molecule has 2 aromatic heterocycles. The van der Waals surface area contributed by atoms with Gasteiger partial charge < -0.3 is 5.32 Å². The van der Waals surface area contributed by atoms with E-state index in [1.165, 1.54) is 21.8 Å². The van der Waals surface area contributed by atoms with Gasteiger partial charge in [0.05, 0.1) is 28.8 Å². The van der Waals surface area contributed by atoms with Crippen LogP contribution in [-0.2, 0) is 34.1 Å². The Hall–Kier alpha value is -2.62. The molecule has 1 atom stereocenters. The van der Waals surface area contributed by atoms with E-state index >= 15 is 0 Å². The monoisotopic (exact) mass is 484 g/mol. The number of hydrogen-bond donors (Lipinski definition) is 1. The van der Waals surface area contributed by atoms with Crippen molar-refractivity contribution in [3.8, 4) is 0 Å². The van der Waals surface area contributed by atoms with Crippen LogP contribution in [0.5, 0.6) is 0 Å². The summed E-state index contributed by atoms with van der Waals surface area (Å²) in [5.74, 6) is 0.277. The average molecular weight is 485 g/mol. The maximum atomic E-state index is 12.6. The Morgan fingerprint density at radius 2 is 1.85 bits per heavy atom. The highest BCUT2D eigenvalue weighted by Gasteiger charge is 2.36. The minimum absolute atomic E-state index is 0.0545. The van der Waals surface area contributed by atoms with Crippen molar-refractivity contribution in [2.45, 2.75) is 51.2 Å². The molecule has 4 rings (SSSR count). The molecule has 3 heterocycles. The molecule has 0 spiro atoms. The Balaban J connectivity index is 1.42. The molecule has 33 heavy (non-hydrogen) atoms. The lowest BCUT2D eigenvalue weighted by atomic mass is 10.0. The van der Waals surface area contributed by atoms with E-state index in [9.17, 15) is 13.2 Å². The van der Waals surface area contributed by atoms with Gasteiger partial charge in [0.2, 0.25) is 5.91 Å². The van der Waals surface area contributed by atoms with Gasteiger partial charge in [0.1, 0.15) is 0 Å². The number of sulfone groups is 1. The highest BCUT2D eigenvalue weighted by atomic mass is 32.2. The normalized spacial score (nSPS) is 16.2. The maximum Gasteiger partial charge on any atom is 0.230 e. The third kappa shape index (κ3) is 5.31. The first kappa shape index (κ1) is 23.5. The smallest absolute Gasteiger partial charge is 0.230 e. The number of carbonyl (C=O) groups is 1. The zero-order valence-corrected chi connectivity index (χ0v) is 20.6. The molecule has 9 heteroatoms. The van der Waals surface area contributed by atoms with Crippen LogP contribution < -0.4 is 5.32 Å². The number of fused-ring (bicyclic) bond motifs is 1. The van der Waals surface area contributed by atoms with Crippen molar-refractivity contribution >= 4 is 32.2 Å². The summed E-state index contributed by atoms with van der Waals surface area (Å²) in [6.45, 7) is 7.64. The molecule has 0 saturated carbocycles. The molecule has 3 aromatic rings. The lowest BCUT2D eigenvalue weighted by molar-refractivity contribution is -0.115. The van der Waals surface area contributed by atoms with Crippen molar-refractivity contribution in [1.29, 1.82) is 0 Å². The largest absolute Gasteiger partial charge is 0.302 e. The number of hydrogen-bond acceptors (Lipinski definition) is 7. The first-order valence-corrected chi connectivity index (χ1v) is 13.5. The van der Waals surface area contributed by atoms with Crippen LogP contribution in [0.15, 0.2) is 53.7 Å². The summed E-state index contributed by atoms with van der Waals surface area (Å²) in [5, 5.41) is 3.54. The van der Waals surface area contributed by atoms with Crippen LogP contribution in [0.2, 0.25) is 0 Å². The number of pyridine rings is 1. The molecule has 0 radical (unpaired) electrons. The van der Waals surface area contributed by atoms with Gasteiger partial charge in [-0.2, -0.15) is 0 Å². The number of nitrogens with zero attached hydrogens (tertiary/aromatic N) is 3. The Morgan fingerprint density at radius 1 is 1.15 bits per heavy atom. The molecule has 1 aliphatic rings. The SMILES string of the molecule is CCS(=O)(=O)c1ccc(CC(=O)Nc2nc3c(s2)CN(Cc2ccncc2)C3C(C)C)cc1. The van der Waals surface area contributed by atoms with Crippen molar-refractivity contribution in [3.63, 3.8) is 0 Å². The second kappa shape index (κ2) is 9.70. The van der Waals surface area contributed by atoms with Crippen LogP contribution in [0.3, 0.4) is 0 Å². The molecule has 0 aliphatic carbocycles. The van der Waals surface area contributed by atoms with Crippen LogP contribution >= 0.6 is 11.3 Å². The molecule has 7 nitrogen and oxygen atoms in total. The van der Waals surface area contributed by atoms with Gasteiger partial charge in [-0.15, -0.1) is 11.3 Å². The standard InChI is InChI=1S/C24H28N4O3S2/c1-4-33(30,31)19-7-5-17(6-8-19)13-21(29)26-24-27-22-20(32-24)15-28(23(22)16(2)3)14-18-9-11-25-12-10-18/h5-12,16,23H,4,13-15H2,1-3H3,(H,26,27,29). The number of carbonyl (C=O) groups excluding carboxylic acids is 1. The van der Waals surface area contributed by atoms with Gasteiger partial charge in [-0.25, -0.2) is 13.4 Å². The van der Waals surface area contributed by atoms with Gasteiger partial charge in [0.15, 0.2) is 15.0 Å². The average Bonchev–Trinajstić information content (AvgIpc) is 3.31. The maximum absolute atomic E-state index is 12.6. The minimum Gasteiger partial charge on any atom is -0.302 e. The van der Waals surface area contributed by atoms with Crippen LogP contribution in [-0.4, -0.2) is 34.9 Å². The van der Waals surface area contributed by atoms with E-state index in [1.807, 2.05) is 24.5 Å². The van der Waals surface area contributed by atoms with Crippen LogP contribution in [0.1, 0.15) is 48.5 Å². The molecule has 1 aromatic carbocycles.